The number of nitrogens with zero attached hydrogens (tertiary/aromatic N) is 3. The van der Waals surface area contributed by atoms with Crippen LogP contribution in [0.2, 0.25) is 0 Å². The average molecular weight is 441 g/mol. The molecule has 1 N–H and O–H groups in total. The molecular weight excluding hydrogens is 423 g/mol. The standard InChI is InChI=1S/C21H17FN4O2S2/c1-13-17(23-19(28-13)15-5-3-2-4-6-15)11-18(27)24-20-25-26-21(30-20)29-12-14-7-9-16(22)10-8-14/h2-10H,11-12H2,1H3,(H,24,25,27). The maximum atomic E-state index is 13.0. The molecule has 0 saturated carbocycles. The normalized spacial score (nSPS) is 10.9. The SMILES string of the molecule is Cc1oc(-c2ccccc2)nc1CC(=O)Nc1nnc(SCc2ccc(F)cc2)s1. The predicted molar refractivity (Wildman–Crippen MR) is 115 cm³/mol. The topological polar surface area (TPSA) is 80.9 Å². The summed E-state index contributed by atoms with van der Waals surface area (Å²) < 4.78 is 19.4. The maximum Gasteiger partial charge on any atom is 0.232 e. The molecule has 0 spiro atoms. The van der Waals surface area contributed by atoms with E-state index in [1.165, 1.54) is 35.2 Å². The van der Waals surface area contributed by atoms with Crippen molar-refractivity contribution in [1.29, 1.82) is 0 Å². The number of carbonyl (C=O) groups excluding carboxylic acids is 1. The Bertz CT molecular complexity index is 1140. The summed E-state index contributed by atoms with van der Waals surface area (Å²) in [7, 11) is 0. The molecule has 2 aromatic heterocycles. The molecule has 0 fully saturated rings. The Hall–Kier alpha value is -3.04. The summed E-state index contributed by atoms with van der Waals surface area (Å²) in [5.74, 6) is 1.24. The van der Waals surface area contributed by atoms with E-state index in [2.05, 4.69) is 20.5 Å². The lowest BCUT2D eigenvalue weighted by atomic mass is 10.2. The van der Waals surface area contributed by atoms with E-state index in [0.29, 0.717) is 28.2 Å². The molecule has 0 saturated heterocycles. The first-order chi connectivity index (χ1) is 14.6. The number of oxazole rings is 1. The van der Waals surface area contributed by atoms with Crippen molar-refractivity contribution < 1.29 is 13.6 Å². The third-order valence-electron chi connectivity index (χ3n) is 4.17. The molecule has 1 amide bonds. The molecule has 2 heterocycles. The first-order valence-corrected chi connectivity index (χ1v) is 10.9. The highest BCUT2D eigenvalue weighted by Crippen LogP contribution is 2.28. The smallest absolute Gasteiger partial charge is 0.232 e. The number of anilines is 1. The molecule has 30 heavy (non-hydrogen) atoms. The molecule has 4 rings (SSSR count). The molecule has 0 aliphatic rings. The van der Waals surface area contributed by atoms with E-state index < -0.39 is 0 Å². The van der Waals surface area contributed by atoms with Gasteiger partial charge in [-0.3, -0.25) is 4.79 Å². The fraction of sp³-hybridized carbons (Fsp3) is 0.143. The van der Waals surface area contributed by atoms with E-state index in [-0.39, 0.29) is 18.1 Å². The molecule has 0 aliphatic carbocycles. The maximum absolute atomic E-state index is 13.0. The van der Waals surface area contributed by atoms with Crippen LogP contribution in [0.25, 0.3) is 11.5 Å². The molecule has 0 unspecified atom stereocenters. The number of halogens is 1. The Morgan fingerprint density at radius 3 is 2.67 bits per heavy atom. The lowest BCUT2D eigenvalue weighted by Gasteiger charge is -1.99. The van der Waals surface area contributed by atoms with Crippen LogP contribution in [0.15, 0.2) is 63.4 Å². The van der Waals surface area contributed by atoms with Crippen molar-refractivity contribution in [2.24, 2.45) is 0 Å². The van der Waals surface area contributed by atoms with Crippen molar-refractivity contribution in [2.75, 3.05) is 5.32 Å². The van der Waals surface area contributed by atoms with Crippen molar-refractivity contribution in [2.45, 2.75) is 23.4 Å². The first kappa shape index (κ1) is 20.2. The van der Waals surface area contributed by atoms with Gasteiger partial charge in [0.1, 0.15) is 11.6 Å². The largest absolute Gasteiger partial charge is 0.441 e. The number of thioether (sulfide) groups is 1. The van der Waals surface area contributed by atoms with Crippen molar-refractivity contribution in [1.82, 2.24) is 15.2 Å². The van der Waals surface area contributed by atoms with Crippen LogP contribution in [0.3, 0.4) is 0 Å². The molecule has 0 atom stereocenters. The van der Waals surface area contributed by atoms with Gasteiger partial charge in [-0.05, 0) is 36.8 Å². The van der Waals surface area contributed by atoms with Gasteiger partial charge in [-0.2, -0.15) is 0 Å². The molecule has 0 bridgehead atoms. The van der Waals surface area contributed by atoms with E-state index in [1.54, 1.807) is 19.1 Å². The van der Waals surface area contributed by atoms with Gasteiger partial charge in [0.15, 0.2) is 4.34 Å². The molecule has 6 nitrogen and oxygen atoms in total. The highest BCUT2D eigenvalue weighted by molar-refractivity contribution is 8.00. The van der Waals surface area contributed by atoms with Crippen LogP contribution >= 0.6 is 23.1 Å². The van der Waals surface area contributed by atoms with Crippen LogP contribution in [0.5, 0.6) is 0 Å². The van der Waals surface area contributed by atoms with Crippen LogP contribution in [-0.4, -0.2) is 21.1 Å². The van der Waals surface area contributed by atoms with Gasteiger partial charge in [0.2, 0.25) is 16.9 Å². The fourth-order valence-corrected chi connectivity index (χ4v) is 4.38. The Labute approximate surface area is 180 Å². The van der Waals surface area contributed by atoms with Gasteiger partial charge >= 0.3 is 0 Å². The molecule has 9 heteroatoms. The predicted octanol–water partition coefficient (Wildman–Crippen LogP) is 5.11. The molecule has 0 radical (unpaired) electrons. The summed E-state index contributed by atoms with van der Waals surface area (Å²) in [5.41, 5.74) is 2.43. The van der Waals surface area contributed by atoms with Crippen LogP contribution < -0.4 is 5.32 Å². The molecule has 2 aromatic carbocycles. The monoisotopic (exact) mass is 440 g/mol. The molecular formula is C21H17FN4O2S2. The van der Waals surface area contributed by atoms with E-state index in [4.69, 9.17) is 4.42 Å². The van der Waals surface area contributed by atoms with Gasteiger partial charge in [0, 0.05) is 11.3 Å². The van der Waals surface area contributed by atoms with Crippen molar-refractivity contribution >= 4 is 34.1 Å². The summed E-state index contributed by atoms with van der Waals surface area (Å²) in [6, 6.07) is 15.9. The number of carbonyl (C=O) groups is 1. The number of hydrogen-bond acceptors (Lipinski definition) is 7. The Balaban J connectivity index is 1.33. The second-order valence-electron chi connectivity index (χ2n) is 6.40. The molecule has 0 aliphatic heterocycles. The fourth-order valence-electron chi connectivity index (χ4n) is 2.66. The number of aromatic nitrogens is 3. The van der Waals surface area contributed by atoms with Gasteiger partial charge < -0.3 is 9.73 Å². The van der Waals surface area contributed by atoms with Crippen molar-refractivity contribution in [3.63, 3.8) is 0 Å². The zero-order valence-corrected chi connectivity index (χ0v) is 17.6. The number of rotatable bonds is 7. The number of nitrogens with one attached hydrogen (secondary N) is 1. The van der Waals surface area contributed by atoms with Crippen molar-refractivity contribution in [3.05, 3.63) is 77.4 Å². The number of aryl methyl sites for hydroxylation is 1. The highest BCUT2D eigenvalue weighted by Gasteiger charge is 2.16. The van der Waals surface area contributed by atoms with E-state index in [9.17, 15) is 9.18 Å². The van der Waals surface area contributed by atoms with Gasteiger partial charge in [-0.15, -0.1) is 10.2 Å². The molecule has 152 valence electrons. The highest BCUT2D eigenvalue weighted by atomic mass is 32.2. The van der Waals surface area contributed by atoms with E-state index in [1.807, 2.05) is 30.3 Å². The second kappa shape index (κ2) is 9.19. The first-order valence-electron chi connectivity index (χ1n) is 9.09. The Kier molecular flexibility index (Phi) is 6.20. The Morgan fingerprint density at radius 2 is 1.90 bits per heavy atom. The minimum atomic E-state index is -0.261. The minimum Gasteiger partial charge on any atom is -0.441 e. The second-order valence-corrected chi connectivity index (χ2v) is 8.60. The lowest BCUT2D eigenvalue weighted by molar-refractivity contribution is -0.115. The van der Waals surface area contributed by atoms with Gasteiger partial charge in [-0.25, -0.2) is 9.37 Å². The molecule has 4 aromatic rings. The van der Waals surface area contributed by atoms with Gasteiger partial charge in [0.05, 0.1) is 12.1 Å². The summed E-state index contributed by atoms with van der Waals surface area (Å²) >= 11 is 2.77. The summed E-state index contributed by atoms with van der Waals surface area (Å²) in [6.07, 6.45) is 0.0831. The third-order valence-corrected chi connectivity index (χ3v) is 6.21. The lowest BCUT2D eigenvalue weighted by Crippen LogP contribution is -2.15. The van der Waals surface area contributed by atoms with Gasteiger partial charge in [-0.1, -0.05) is 53.4 Å². The number of benzene rings is 2. The van der Waals surface area contributed by atoms with Gasteiger partial charge in [0.25, 0.3) is 0 Å². The zero-order chi connectivity index (χ0) is 20.9. The summed E-state index contributed by atoms with van der Waals surface area (Å²) in [5, 5.41) is 11.3. The number of amides is 1. The minimum absolute atomic E-state index is 0.0831. The quantitative estimate of drug-likeness (QED) is 0.318. The Morgan fingerprint density at radius 1 is 1.13 bits per heavy atom. The number of hydrogen-bond donors (Lipinski definition) is 1. The van der Waals surface area contributed by atoms with Crippen LogP contribution in [0, 0.1) is 12.7 Å². The van der Waals surface area contributed by atoms with E-state index >= 15 is 0 Å². The zero-order valence-electron chi connectivity index (χ0n) is 16.0. The van der Waals surface area contributed by atoms with Crippen molar-refractivity contribution in [3.8, 4) is 11.5 Å². The van der Waals surface area contributed by atoms with Crippen LogP contribution in [-0.2, 0) is 17.0 Å². The summed E-state index contributed by atoms with van der Waals surface area (Å²) in [6.45, 7) is 1.79. The third kappa shape index (κ3) is 5.11. The summed E-state index contributed by atoms with van der Waals surface area (Å²) in [4.78, 5) is 16.8. The average Bonchev–Trinajstić information content (AvgIpc) is 3.35. The van der Waals surface area contributed by atoms with Crippen LogP contribution in [0.1, 0.15) is 17.0 Å². The van der Waals surface area contributed by atoms with E-state index in [0.717, 1.165) is 15.5 Å². The van der Waals surface area contributed by atoms with Crippen LogP contribution in [0.4, 0.5) is 9.52 Å².